The molecule has 4 rings (SSSR count). The highest BCUT2D eigenvalue weighted by Gasteiger charge is 2.26. The highest BCUT2D eigenvalue weighted by molar-refractivity contribution is 6.08. The molecular formula is C41H65FN4O4. The minimum atomic E-state index is -0.955. The predicted molar refractivity (Wildman–Crippen MR) is 208 cm³/mol. The van der Waals surface area contributed by atoms with Crippen LogP contribution >= 0.6 is 0 Å². The Labute approximate surface area is 302 Å². The number of aliphatic carboxylic acids is 1. The van der Waals surface area contributed by atoms with Gasteiger partial charge in [0.1, 0.15) is 0 Å². The normalized spacial score (nSPS) is 14.9. The van der Waals surface area contributed by atoms with Gasteiger partial charge in [0.2, 0.25) is 5.96 Å². The highest BCUT2D eigenvalue weighted by atomic mass is 19.1. The molecule has 0 saturated carbocycles. The van der Waals surface area contributed by atoms with Gasteiger partial charge in [-0.15, -0.1) is 0 Å². The molecule has 0 bridgehead atoms. The van der Waals surface area contributed by atoms with E-state index in [9.17, 15) is 9.90 Å². The molecule has 0 unspecified atom stereocenters. The number of nitrogens with zero attached hydrogens (tertiary/aromatic N) is 4. The average molecular weight is 697 g/mol. The maximum atomic E-state index is 15.4. The maximum absolute atomic E-state index is 15.4. The molecular weight excluding hydrogens is 631 g/mol. The molecule has 9 heteroatoms. The molecule has 8 nitrogen and oxygen atoms in total. The van der Waals surface area contributed by atoms with Gasteiger partial charge in [-0.2, -0.15) is 0 Å². The van der Waals surface area contributed by atoms with Gasteiger partial charge >= 0.3 is 5.97 Å². The first-order chi connectivity index (χ1) is 23.7. The van der Waals surface area contributed by atoms with E-state index in [1.807, 2.05) is 62.3 Å². The van der Waals surface area contributed by atoms with Crippen LogP contribution in [-0.2, 0) is 17.6 Å². The van der Waals surface area contributed by atoms with E-state index in [2.05, 4.69) is 22.9 Å². The van der Waals surface area contributed by atoms with Crippen molar-refractivity contribution in [3.8, 4) is 16.9 Å². The number of hydrogen-bond acceptors (Lipinski definition) is 5. The number of carboxylic acids is 1. The fraction of sp³-hybridized carbons (Fsp3) is 0.610. The molecule has 0 aliphatic carbocycles. The molecule has 2 aromatic rings. The van der Waals surface area contributed by atoms with Gasteiger partial charge in [0.05, 0.1) is 18.6 Å². The number of halogens is 1. The second-order valence-corrected chi connectivity index (χ2v) is 12.9. The van der Waals surface area contributed by atoms with Crippen molar-refractivity contribution in [1.29, 1.82) is 0 Å². The average Bonchev–Trinajstić information content (AvgIpc) is 3.11. The first kappa shape index (κ1) is 44.4. The number of ether oxygens (including phenoxy) is 1. The molecule has 2 N–H and O–H groups in total. The fourth-order valence-electron chi connectivity index (χ4n) is 5.89. The van der Waals surface area contributed by atoms with Crippen molar-refractivity contribution in [3.05, 3.63) is 51.1 Å². The van der Waals surface area contributed by atoms with Crippen molar-refractivity contribution in [2.45, 2.75) is 140 Å². The Hall–Kier alpha value is -3.59. The first-order valence-electron chi connectivity index (χ1n) is 18.6. The number of hydrogen-bond donors (Lipinski definition) is 2. The lowest BCUT2D eigenvalue weighted by Crippen LogP contribution is -2.35. The van der Waals surface area contributed by atoms with Crippen molar-refractivity contribution >= 4 is 23.7 Å². The van der Waals surface area contributed by atoms with Crippen LogP contribution in [0.4, 0.5) is 4.39 Å². The van der Waals surface area contributed by atoms with Gasteiger partial charge in [0, 0.05) is 48.4 Å². The van der Waals surface area contributed by atoms with E-state index in [1.54, 1.807) is 20.9 Å². The van der Waals surface area contributed by atoms with Gasteiger partial charge < -0.3 is 19.8 Å². The van der Waals surface area contributed by atoms with Crippen LogP contribution in [0.2, 0.25) is 0 Å². The van der Waals surface area contributed by atoms with Crippen LogP contribution in [0.25, 0.3) is 17.2 Å². The molecule has 1 aromatic carbocycles. The van der Waals surface area contributed by atoms with Crippen LogP contribution in [0.5, 0.6) is 5.75 Å². The standard InChI is InChI=1S/C32H41FN4O3.C5H12O.2C2H6/c1-7-23(20(3)36-32(34-6)37-13-9-8-10-14-37)16-26-21(4)35-22(5)27(18-29(38)39)30(26)25-17-28(33)31-24(19(25)2)12-11-15-40-31;1-4-5(2,3)6;2*1-2/h16-17H,7-15,18H2,1-6H3,(H,38,39);6H,4H2,1-3H3;2*1-2H3/b23-16+,34-32?,36-20+;;;. The molecule has 280 valence electrons. The van der Waals surface area contributed by atoms with Gasteiger partial charge in [-0.25, -0.2) is 9.38 Å². The van der Waals surface area contributed by atoms with E-state index < -0.39 is 17.4 Å². The third-order valence-corrected chi connectivity index (χ3v) is 8.90. The van der Waals surface area contributed by atoms with Crippen LogP contribution in [0, 0.1) is 26.6 Å². The molecule has 0 radical (unpaired) electrons. The number of fused-ring (bicyclic) bond motifs is 1. The lowest BCUT2D eigenvalue weighted by molar-refractivity contribution is -0.136. The van der Waals surface area contributed by atoms with Crippen LogP contribution in [0.3, 0.4) is 0 Å². The third kappa shape index (κ3) is 12.3. The van der Waals surface area contributed by atoms with E-state index in [1.165, 1.54) is 12.5 Å². The number of aryl methyl sites for hydroxylation is 2. The summed E-state index contributed by atoms with van der Waals surface area (Å²) in [5.74, 6) is -0.330. The molecule has 0 spiro atoms. The zero-order chi connectivity index (χ0) is 38.2. The topological polar surface area (TPSA) is 108 Å². The number of guanidine groups is 1. The predicted octanol–water partition coefficient (Wildman–Crippen LogP) is 9.71. The summed E-state index contributed by atoms with van der Waals surface area (Å²) >= 11 is 0. The quantitative estimate of drug-likeness (QED) is 0.221. The Morgan fingerprint density at radius 2 is 1.66 bits per heavy atom. The van der Waals surface area contributed by atoms with Gasteiger partial charge in [-0.05, 0) is 126 Å². The van der Waals surface area contributed by atoms with Crippen molar-refractivity contribution in [2.24, 2.45) is 9.98 Å². The van der Waals surface area contributed by atoms with Crippen LogP contribution in [0.15, 0.2) is 21.6 Å². The second kappa shape index (κ2) is 21.6. The number of piperidine rings is 1. The summed E-state index contributed by atoms with van der Waals surface area (Å²) in [6.07, 6.45) is 8.41. The van der Waals surface area contributed by atoms with Crippen LogP contribution in [0.1, 0.15) is 134 Å². The van der Waals surface area contributed by atoms with E-state index >= 15 is 4.39 Å². The van der Waals surface area contributed by atoms with Crippen LogP contribution < -0.4 is 4.74 Å². The van der Waals surface area contributed by atoms with Crippen LogP contribution in [-0.4, -0.2) is 70.1 Å². The Bertz CT molecular complexity index is 1500. The van der Waals surface area contributed by atoms with E-state index in [0.717, 1.165) is 90.4 Å². The summed E-state index contributed by atoms with van der Waals surface area (Å²) < 4.78 is 21.1. The zero-order valence-corrected chi connectivity index (χ0v) is 33.3. The van der Waals surface area contributed by atoms with Gasteiger partial charge in [0.15, 0.2) is 11.6 Å². The molecule has 1 saturated heterocycles. The van der Waals surface area contributed by atoms with Crippen molar-refractivity contribution < 1.29 is 24.1 Å². The number of carboxylic acid groups (broad SMARTS) is 1. The molecule has 0 amide bonds. The first-order valence-corrected chi connectivity index (χ1v) is 18.6. The Morgan fingerprint density at radius 3 is 2.18 bits per heavy atom. The fourth-order valence-corrected chi connectivity index (χ4v) is 5.89. The number of aliphatic imine (C=N–C) groups is 2. The summed E-state index contributed by atoms with van der Waals surface area (Å²) in [6.45, 7) is 25.7. The number of carbonyl (C=O) groups is 1. The number of allylic oxidation sites excluding steroid dienone is 1. The molecule has 3 heterocycles. The van der Waals surface area contributed by atoms with Crippen molar-refractivity contribution in [2.75, 3.05) is 26.7 Å². The SMILES string of the molecule is CC.CC.CCC(=C\c1c(C)nc(C)c(CC(=O)O)c1-c1cc(F)c2c(c1C)CCCO2)/C(C)=N/C(=NC)N1CCCCC1.CCC(C)(C)O. The lowest BCUT2D eigenvalue weighted by atomic mass is 9.85. The summed E-state index contributed by atoms with van der Waals surface area (Å²) in [4.78, 5) is 28.4. The summed E-state index contributed by atoms with van der Waals surface area (Å²) in [7, 11) is 1.78. The Morgan fingerprint density at radius 1 is 1.06 bits per heavy atom. The number of benzene rings is 1. The minimum Gasteiger partial charge on any atom is -0.490 e. The summed E-state index contributed by atoms with van der Waals surface area (Å²) in [5.41, 5.74) is 7.33. The maximum Gasteiger partial charge on any atom is 0.307 e. The highest BCUT2D eigenvalue weighted by Crippen LogP contribution is 2.41. The van der Waals surface area contributed by atoms with Crippen molar-refractivity contribution in [1.82, 2.24) is 9.88 Å². The number of rotatable bonds is 7. The minimum absolute atomic E-state index is 0.208. The number of aromatic nitrogens is 1. The van der Waals surface area contributed by atoms with E-state index in [4.69, 9.17) is 19.8 Å². The van der Waals surface area contributed by atoms with Gasteiger partial charge in [-0.1, -0.05) is 41.5 Å². The van der Waals surface area contributed by atoms with Crippen molar-refractivity contribution in [3.63, 3.8) is 0 Å². The lowest BCUT2D eigenvalue weighted by Gasteiger charge is -2.27. The van der Waals surface area contributed by atoms with E-state index in [0.29, 0.717) is 35.6 Å². The molecule has 50 heavy (non-hydrogen) atoms. The Balaban J connectivity index is 0.00000111. The summed E-state index contributed by atoms with van der Waals surface area (Å²) in [5, 5.41) is 18.7. The monoisotopic (exact) mass is 696 g/mol. The molecule has 1 aromatic heterocycles. The largest absolute Gasteiger partial charge is 0.490 e. The molecule has 1 fully saturated rings. The van der Waals surface area contributed by atoms with Gasteiger partial charge in [0.25, 0.3) is 0 Å². The number of aliphatic hydroxyl groups is 1. The molecule has 0 atom stereocenters. The summed E-state index contributed by atoms with van der Waals surface area (Å²) in [6, 6.07) is 1.50. The Kier molecular flexibility index (Phi) is 19.2. The smallest absolute Gasteiger partial charge is 0.307 e. The second-order valence-electron chi connectivity index (χ2n) is 12.9. The number of pyridine rings is 1. The molecule has 2 aliphatic heterocycles. The van der Waals surface area contributed by atoms with E-state index in [-0.39, 0.29) is 6.42 Å². The third-order valence-electron chi connectivity index (χ3n) is 8.90. The number of likely N-dealkylation sites (tertiary alicyclic amines) is 1. The van der Waals surface area contributed by atoms with Gasteiger partial charge in [-0.3, -0.25) is 14.8 Å². The zero-order valence-electron chi connectivity index (χ0n) is 33.3. The molecule has 2 aliphatic rings.